The monoisotopic (exact) mass is 354 g/mol. The molecule has 0 spiro atoms. The Balaban J connectivity index is 2.11. The number of ether oxygens (including phenoxy) is 1. The van der Waals surface area contributed by atoms with Gasteiger partial charge >= 0.3 is 0 Å². The molecule has 0 aliphatic rings. The molecule has 0 unspecified atom stereocenters. The van der Waals surface area contributed by atoms with E-state index < -0.39 is 0 Å². The van der Waals surface area contributed by atoms with Crippen LogP contribution < -0.4 is 10.1 Å². The zero-order valence-electron chi connectivity index (χ0n) is 10.7. The Bertz CT molecular complexity index is 634. The molecular formula is C14H12BrClN2O2. The normalized spacial score (nSPS) is 10.2. The molecule has 20 heavy (non-hydrogen) atoms. The van der Waals surface area contributed by atoms with Crippen molar-refractivity contribution in [3.63, 3.8) is 0 Å². The minimum atomic E-state index is -0.283. The highest BCUT2D eigenvalue weighted by Crippen LogP contribution is 2.19. The van der Waals surface area contributed by atoms with Gasteiger partial charge < -0.3 is 10.1 Å². The van der Waals surface area contributed by atoms with Crippen LogP contribution in [0.5, 0.6) is 5.75 Å². The second kappa shape index (κ2) is 6.72. The highest BCUT2D eigenvalue weighted by Gasteiger charge is 2.12. The number of rotatable bonds is 4. The van der Waals surface area contributed by atoms with Crippen LogP contribution in [0.15, 0.2) is 41.0 Å². The Kier molecular flexibility index (Phi) is 4.98. The molecule has 1 heterocycles. The van der Waals surface area contributed by atoms with Gasteiger partial charge in [0.1, 0.15) is 10.9 Å². The number of halogens is 2. The van der Waals surface area contributed by atoms with Gasteiger partial charge in [-0.15, -0.1) is 0 Å². The highest BCUT2D eigenvalue weighted by molar-refractivity contribution is 9.10. The summed E-state index contributed by atoms with van der Waals surface area (Å²) in [5.41, 5.74) is 1.22. The van der Waals surface area contributed by atoms with E-state index in [-0.39, 0.29) is 11.1 Å². The Morgan fingerprint density at radius 3 is 2.95 bits per heavy atom. The molecule has 4 nitrogen and oxygen atoms in total. The van der Waals surface area contributed by atoms with Gasteiger partial charge in [-0.25, -0.2) is 4.98 Å². The third kappa shape index (κ3) is 3.49. The Morgan fingerprint density at radius 2 is 2.20 bits per heavy atom. The standard InChI is InChI=1S/C14H12BrClN2O2/c1-20-12-5-3-2-4-9(12)7-18-14(19)11-6-10(15)8-17-13(11)16/h2-6,8H,7H2,1H3,(H,18,19). The maximum Gasteiger partial charge on any atom is 0.254 e. The topological polar surface area (TPSA) is 51.2 Å². The summed E-state index contributed by atoms with van der Waals surface area (Å²) in [4.78, 5) is 16.0. The number of nitrogens with one attached hydrogen (secondary N) is 1. The van der Waals surface area contributed by atoms with E-state index in [1.54, 1.807) is 19.4 Å². The van der Waals surface area contributed by atoms with Crippen LogP contribution in [0.2, 0.25) is 5.15 Å². The first-order valence-corrected chi connectivity index (χ1v) is 7.00. The van der Waals surface area contributed by atoms with Crippen LogP contribution in [-0.4, -0.2) is 18.0 Å². The van der Waals surface area contributed by atoms with Gasteiger partial charge in [-0.3, -0.25) is 4.79 Å². The summed E-state index contributed by atoms with van der Waals surface area (Å²) in [7, 11) is 1.59. The van der Waals surface area contributed by atoms with Crippen molar-refractivity contribution >= 4 is 33.4 Å². The first-order chi connectivity index (χ1) is 9.61. The lowest BCUT2D eigenvalue weighted by atomic mass is 10.2. The maximum absolute atomic E-state index is 12.1. The van der Waals surface area contributed by atoms with E-state index in [1.165, 1.54) is 0 Å². The number of carbonyl (C=O) groups is 1. The van der Waals surface area contributed by atoms with E-state index in [9.17, 15) is 4.79 Å². The summed E-state index contributed by atoms with van der Waals surface area (Å²) in [6.07, 6.45) is 1.54. The van der Waals surface area contributed by atoms with Gasteiger partial charge in [0, 0.05) is 22.8 Å². The van der Waals surface area contributed by atoms with E-state index in [2.05, 4.69) is 26.2 Å². The fourth-order valence-electron chi connectivity index (χ4n) is 1.70. The third-order valence-corrected chi connectivity index (χ3v) is 3.42. The summed E-state index contributed by atoms with van der Waals surface area (Å²) in [5.74, 6) is 0.445. The molecule has 0 atom stereocenters. The number of hydrogen-bond donors (Lipinski definition) is 1. The van der Waals surface area contributed by atoms with Crippen LogP contribution in [-0.2, 0) is 6.54 Å². The van der Waals surface area contributed by atoms with Gasteiger partial charge in [0.15, 0.2) is 0 Å². The van der Waals surface area contributed by atoms with Gasteiger partial charge in [-0.1, -0.05) is 29.8 Å². The van der Waals surface area contributed by atoms with E-state index in [4.69, 9.17) is 16.3 Å². The molecule has 0 saturated carbocycles. The number of hydrogen-bond acceptors (Lipinski definition) is 3. The zero-order chi connectivity index (χ0) is 14.5. The van der Waals surface area contributed by atoms with E-state index in [0.29, 0.717) is 16.6 Å². The van der Waals surface area contributed by atoms with E-state index in [0.717, 1.165) is 11.3 Å². The van der Waals surface area contributed by atoms with Gasteiger partial charge in [0.2, 0.25) is 0 Å². The number of benzene rings is 1. The molecule has 1 amide bonds. The Hall–Kier alpha value is -1.59. The molecule has 6 heteroatoms. The van der Waals surface area contributed by atoms with Crippen molar-refractivity contribution in [2.75, 3.05) is 7.11 Å². The van der Waals surface area contributed by atoms with Gasteiger partial charge in [-0.05, 0) is 28.1 Å². The molecular weight excluding hydrogens is 344 g/mol. The first kappa shape index (κ1) is 14.8. The molecule has 0 aliphatic heterocycles. The lowest BCUT2D eigenvalue weighted by Crippen LogP contribution is -2.23. The van der Waals surface area contributed by atoms with Crippen molar-refractivity contribution in [1.29, 1.82) is 0 Å². The minimum absolute atomic E-state index is 0.172. The quantitative estimate of drug-likeness (QED) is 0.855. The molecule has 104 valence electrons. The summed E-state index contributed by atoms with van der Waals surface area (Å²) in [6, 6.07) is 9.12. The second-order valence-corrected chi connectivity index (χ2v) is 5.26. The van der Waals surface area contributed by atoms with Crippen molar-refractivity contribution in [3.8, 4) is 5.75 Å². The minimum Gasteiger partial charge on any atom is -0.496 e. The second-order valence-electron chi connectivity index (χ2n) is 3.99. The SMILES string of the molecule is COc1ccccc1CNC(=O)c1cc(Br)cnc1Cl. The van der Waals surface area contributed by atoms with Crippen LogP contribution in [0, 0.1) is 0 Å². The molecule has 2 aromatic rings. The fraction of sp³-hybridized carbons (Fsp3) is 0.143. The number of aromatic nitrogens is 1. The first-order valence-electron chi connectivity index (χ1n) is 5.83. The summed E-state index contributed by atoms with van der Waals surface area (Å²) in [6.45, 7) is 0.353. The molecule has 1 aromatic carbocycles. The average molecular weight is 356 g/mol. The predicted molar refractivity (Wildman–Crippen MR) is 81.1 cm³/mol. The van der Waals surface area contributed by atoms with Crippen LogP contribution in [0.25, 0.3) is 0 Å². The van der Waals surface area contributed by atoms with Crippen molar-refractivity contribution in [2.45, 2.75) is 6.54 Å². The van der Waals surface area contributed by atoms with Crippen molar-refractivity contribution in [2.24, 2.45) is 0 Å². The van der Waals surface area contributed by atoms with Crippen molar-refractivity contribution in [3.05, 3.63) is 57.3 Å². The van der Waals surface area contributed by atoms with Crippen molar-refractivity contribution in [1.82, 2.24) is 10.3 Å². The molecule has 0 bridgehead atoms. The zero-order valence-corrected chi connectivity index (χ0v) is 13.0. The molecule has 0 aliphatic carbocycles. The van der Waals surface area contributed by atoms with Gasteiger partial charge in [-0.2, -0.15) is 0 Å². The van der Waals surface area contributed by atoms with Crippen molar-refractivity contribution < 1.29 is 9.53 Å². The Morgan fingerprint density at radius 1 is 1.45 bits per heavy atom. The van der Waals surface area contributed by atoms with Crippen LogP contribution in [0.4, 0.5) is 0 Å². The third-order valence-electron chi connectivity index (χ3n) is 2.68. The number of nitrogens with zero attached hydrogens (tertiary/aromatic N) is 1. The highest BCUT2D eigenvalue weighted by atomic mass is 79.9. The summed E-state index contributed by atoms with van der Waals surface area (Å²) in [5, 5.41) is 2.97. The van der Waals surface area contributed by atoms with Gasteiger partial charge in [0.25, 0.3) is 5.91 Å². The molecule has 1 N–H and O–H groups in total. The number of carbonyl (C=O) groups excluding carboxylic acids is 1. The number of amides is 1. The molecule has 2 rings (SSSR count). The smallest absolute Gasteiger partial charge is 0.254 e. The van der Waals surface area contributed by atoms with Crippen LogP contribution in [0.1, 0.15) is 15.9 Å². The predicted octanol–water partition coefficient (Wildman–Crippen LogP) is 3.44. The molecule has 0 saturated heterocycles. The fourth-order valence-corrected chi connectivity index (χ4v) is 2.22. The molecule has 1 aromatic heterocycles. The molecule has 0 fully saturated rings. The average Bonchev–Trinajstić information content (AvgIpc) is 2.47. The van der Waals surface area contributed by atoms with Gasteiger partial charge in [0.05, 0.1) is 12.7 Å². The largest absolute Gasteiger partial charge is 0.496 e. The lowest BCUT2D eigenvalue weighted by Gasteiger charge is -2.10. The lowest BCUT2D eigenvalue weighted by molar-refractivity contribution is 0.0950. The number of methoxy groups -OCH3 is 1. The van der Waals surface area contributed by atoms with E-state index in [1.807, 2.05) is 24.3 Å². The number of para-hydroxylation sites is 1. The molecule has 0 radical (unpaired) electrons. The summed E-state index contributed by atoms with van der Waals surface area (Å²) >= 11 is 9.18. The maximum atomic E-state index is 12.1. The van der Waals surface area contributed by atoms with E-state index >= 15 is 0 Å². The van der Waals surface area contributed by atoms with Crippen LogP contribution in [0.3, 0.4) is 0 Å². The van der Waals surface area contributed by atoms with Crippen LogP contribution >= 0.6 is 27.5 Å². The Labute approximate surface area is 130 Å². The number of pyridine rings is 1. The summed E-state index contributed by atoms with van der Waals surface area (Å²) < 4.78 is 5.93.